The van der Waals surface area contributed by atoms with E-state index < -0.39 is 6.10 Å². The largest absolute Gasteiger partial charge is 0.391 e. The molecule has 5 nitrogen and oxygen atoms in total. The molecule has 2 fully saturated rings. The van der Waals surface area contributed by atoms with Crippen LogP contribution in [0.4, 0.5) is 0 Å². The smallest absolute Gasteiger partial charge is 0.227 e. The zero-order valence-corrected chi connectivity index (χ0v) is 13.5. The molecule has 2 aliphatic rings. The van der Waals surface area contributed by atoms with Crippen molar-refractivity contribution in [3.63, 3.8) is 0 Å². The second-order valence-electron chi connectivity index (χ2n) is 6.42. The standard InChI is InChI=1S/C16H22N2O3S/c1-10(19)17-14-5-11-8-18(9-12(11)6-15(14)20)16(21)7-13-3-2-4-22-13/h2-4,11-12,14-15,20H,5-9H2,1H3,(H,17,19)/t11-,12+,14-,15-/m1/s1. The summed E-state index contributed by atoms with van der Waals surface area (Å²) in [6.07, 6.45) is 1.39. The summed E-state index contributed by atoms with van der Waals surface area (Å²) in [7, 11) is 0. The van der Waals surface area contributed by atoms with Crippen molar-refractivity contribution in [1.82, 2.24) is 10.2 Å². The Kier molecular flexibility index (Phi) is 4.49. The van der Waals surface area contributed by atoms with Crippen LogP contribution >= 0.6 is 11.3 Å². The van der Waals surface area contributed by atoms with Crippen molar-refractivity contribution in [2.45, 2.75) is 38.3 Å². The number of rotatable bonds is 3. The minimum atomic E-state index is -0.502. The van der Waals surface area contributed by atoms with Gasteiger partial charge in [0.15, 0.2) is 0 Å². The van der Waals surface area contributed by atoms with Gasteiger partial charge in [-0.1, -0.05) is 6.07 Å². The maximum Gasteiger partial charge on any atom is 0.227 e. The highest BCUT2D eigenvalue weighted by atomic mass is 32.1. The normalized spacial score (nSPS) is 30.9. The third kappa shape index (κ3) is 3.33. The SMILES string of the molecule is CC(=O)N[C@@H]1C[C@@H]2CN(C(=O)Cc3cccs3)C[C@@H]2C[C@H]1O. The van der Waals surface area contributed by atoms with Gasteiger partial charge in [-0.2, -0.15) is 0 Å². The number of nitrogens with one attached hydrogen (secondary N) is 1. The third-order valence-electron chi connectivity index (χ3n) is 4.79. The fourth-order valence-corrected chi connectivity index (χ4v) is 4.42. The van der Waals surface area contributed by atoms with Gasteiger partial charge in [0.05, 0.1) is 18.6 Å². The number of carbonyl (C=O) groups is 2. The summed E-state index contributed by atoms with van der Waals surface area (Å²) in [6, 6.07) is 3.78. The maximum atomic E-state index is 12.4. The fourth-order valence-electron chi connectivity index (χ4n) is 3.72. The number of carbonyl (C=O) groups excluding carboxylic acids is 2. The lowest BCUT2D eigenvalue weighted by Gasteiger charge is -2.35. The van der Waals surface area contributed by atoms with E-state index in [9.17, 15) is 14.7 Å². The van der Waals surface area contributed by atoms with Crippen molar-refractivity contribution in [3.8, 4) is 0 Å². The molecule has 0 spiro atoms. The van der Waals surface area contributed by atoms with Gasteiger partial charge in [0, 0.05) is 24.9 Å². The van der Waals surface area contributed by atoms with Crippen molar-refractivity contribution >= 4 is 23.2 Å². The molecule has 1 aromatic heterocycles. The maximum absolute atomic E-state index is 12.4. The van der Waals surface area contributed by atoms with Crippen LogP contribution in [-0.2, 0) is 16.0 Å². The number of fused-ring (bicyclic) bond motifs is 1. The van der Waals surface area contributed by atoms with Crippen LogP contribution in [0.25, 0.3) is 0 Å². The average Bonchev–Trinajstić information content (AvgIpc) is 3.07. The van der Waals surface area contributed by atoms with Crippen LogP contribution in [0.1, 0.15) is 24.6 Å². The van der Waals surface area contributed by atoms with E-state index in [4.69, 9.17) is 0 Å². The molecule has 6 heteroatoms. The second-order valence-corrected chi connectivity index (χ2v) is 7.45. The lowest BCUT2D eigenvalue weighted by Crippen LogP contribution is -2.48. The van der Waals surface area contributed by atoms with Crippen molar-refractivity contribution < 1.29 is 14.7 Å². The Labute approximate surface area is 134 Å². The van der Waals surface area contributed by atoms with Gasteiger partial charge in [-0.25, -0.2) is 0 Å². The Hall–Kier alpha value is -1.40. The van der Waals surface area contributed by atoms with Crippen molar-refractivity contribution in [2.75, 3.05) is 13.1 Å². The third-order valence-corrected chi connectivity index (χ3v) is 5.67. The number of aliphatic hydroxyl groups is 1. The van der Waals surface area contributed by atoms with Crippen LogP contribution in [0.2, 0.25) is 0 Å². The Balaban J connectivity index is 1.59. The van der Waals surface area contributed by atoms with E-state index in [2.05, 4.69) is 5.32 Å². The molecule has 2 amide bonds. The summed E-state index contributed by atoms with van der Waals surface area (Å²) >= 11 is 1.61. The Bertz CT molecular complexity index is 546. The fraction of sp³-hybridized carbons (Fsp3) is 0.625. The molecule has 1 aromatic rings. The highest BCUT2D eigenvalue weighted by molar-refractivity contribution is 7.10. The number of likely N-dealkylation sites (tertiary alicyclic amines) is 1. The van der Waals surface area contributed by atoms with Crippen LogP contribution in [-0.4, -0.2) is 47.1 Å². The Morgan fingerprint density at radius 2 is 2.09 bits per heavy atom. The van der Waals surface area contributed by atoms with E-state index in [1.807, 2.05) is 22.4 Å². The molecule has 4 atom stereocenters. The van der Waals surface area contributed by atoms with Gasteiger partial charge < -0.3 is 15.3 Å². The highest BCUT2D eigenvalue weighted by Crippen LogP contribution is 2.36. The first kappa shape index (κ1) is 15.5. The molecule has 0 bridgehead atoms. The molecule has 3 rings (SSSR count). The molecule has 22 heavy (non-hydrogen) atoms. The van der Waals surface area contributed by atoms with Gasteiger partial charge in [-0.15, -0.1) is 11.3 Å². The van der Waals surface area contributed by atoms with E-state index >= 15 is 0 Å². The van der Waals surface area contributed by atoms with E-state index in [1.165, 1.54) is 6.92 Å². The second kappa shape index (κ2) is 6.38. The van der Waals surface area contributed by atoms with E-state index in [-0.39, 0.29) is 17.9 Å². The molecular formula is C16H22N2O3S. The molecule has 0 unspecified atom stereocenters. The Morgan fingerprint density at radius 3 is 2.73 bits per heavy atom. The minimum Gasteiger partial charge on any atom is -0.391 e. The van der Waals surface area contributed by atoms with Gasteiger partial charge in [-0.05, 0) is 36.1 Å². The summed E-state index contributed by atoms with van der Waals surface area (Å²) in [5, 5.41) is 15.0. The monoisotopic (exact) mass is 322 g/mol. The minimum absolute atomic E-state index is 0.105. The van der Waals surface area contributed by atoms with Gasteiger partial charge in [0.1, 0.15) is 0 Å². The number of amides is 2. The molecule has 1 aliphatic carbocycles. The number of hydrogen-bond donors (Lipinski definition) is 2. The van der Waals surface area contributed by atoms with Crippen LogP contribution < -0.4 is 5.32 Å². The number of hydrogen-bond acceptors (Lipinski definition) is 4. The summed E-state index contributed by atoms with van der Waals surface area (Å²) in [4.78, 5) is 26.6. The van der Waals surface area contributed by atoms with Crippen molar-refractivity contribution in [2.24, 2.45) is 11.8 Å². The molecule has 0 radical (unpaired) electrons. The highest BCUT2D eigenvalue weighted by Gasteiger charge is 2.43. The van der Waals surface area contributed by atoms with Gasteiger partial charge in [0.2, 0.25) is 11.8 Å². The molecule has 2 heterocycles. The molecule has 1 aliphatic heterocycles. The molecule has 1 saturated carbocycles. The number of thiophene rings is 1. The van der Waals surface area contributed by atoms with Crippen molar-refractivity contribution in [1.29, 1.82) is 0 Å². The predicted molar refractivity (Wildman–Crippen MR) is 84.4 cm³/mol. The quantitative estimate of drug-likeness (QED) is 0.873. The van der Waals surface area contributed by atoms with Gasteiger partial charge in [0.25, 0.3) is 0 Å². The van der Waals surface area contributed by atoms with E-state index in [1.54, 1.807) is 11.3 Å². The first-order chi connectivity index (χ1) is 10.5. The first-order valence-electron chi connectivity index (χ1n) is 7.78. The molecular weight excluding hydrogens is 300 g/mol. The van der Waals surface area contributed by atoms with Gasteiger partial charge >= 0.3 is 0 Å². The Morgan fingerprint density at radius 1 is 1.36 bits per heavy atom. The van der Waals surface area contributed by atoms with Crippen molar-refractivity contribution in [3.05, 3.63) is 22.4 Å². The number of aliphatic hydroxyl groups excluding tert-OH is 1. The van der Waals surface area contributed by atoms with E-state index in [0.29, 0.717) is 24.7 Å². The molecule has 120 valence electrons. The lowest BCUT2D eigenvalue weighted by molar-refractivity contribution is -0.129. The average molecular weight is 322 g/mol. The summed E-state index contributed by atoms with van der Waals surface area (Å²) in [5.41, 5.74) is 0. The van der Waals surface area contributed by atoms with E-state index in [0.717, 1.165) is 24.4 Å². The van der Waals surface area contributed by atoms with Crippen LogP contribution in [0.5, 0.6) is 0 Å². The van der Waals surface area contributed by atoms with Crippen LogP contribution in [0.3, 0.4) is 0 Å². The summed E-state index contributed by atoms with van der Waals surface area (Å²) < 4.78 is 0. The number of nitrogens with zero attached hydrogens (tertiary/aromatic N) is 1. The molecule has 1 saturated heterocycles. The van der Waals surface area contributed by atoms with Crippen LogP contribution in [0.15, 0.2) is 17.5 Å². The first-order valence-corrected chi connectivity index (χ1v) is 8.66. The zero-order chi connectivity index (χ0) is 15.7. The lowest BCUT2D eigenvalue weighted by atomic mass is 9.77. The summed E-state index contributed by atoms with van der Waals surface area (Å²) in [6.45, 7) is 2.96. The predicted octanol–water partition coefficient (Wildman–Crippen LogP) is 1.02. The topological polar surface area (TPSA) is 69.6 Å². The molecule has 0 aromatic carbocycles. The van der Waals surface area contributed by atoms with Gasteiger partial charge in [-0.3, -0.25) is 9.59 Å². The van der Waals surface area contributed by atoms with Crippen LogP contribution in [0, 0.1) is 11.8 Å². The molecule has 2 N–H and O–H groups in total. The summed E-state index contributed by atoms with van der Waals surface area (Å²) in [5.74, 6) is 0.799. The zero-order valence-electron chi connectivity index (χ0n) is 12.7.